The zero-order chi connectivity index (χ0) is 13.8. The van der Waals surface area contributed by atoms with Crippen molar-refractivity contribution in [3.05, 3.63) is 39.8 Å². The molecule has 0 aliphatic carbocycles. The van der Waals surface area contributed by atoms with Crippen LogP contribution in [0.1, 0.15) is 21.1 Å². The number of aromatic nitrogens is 1. The van der Waals surface area contributed by atoms with Crippen LogP contribution < -0.4 is 5.32 Å². The number of carbonyl (C=O) groups is 1. The van der Waals surface area contributed by atoms with Gasteiger partial charge in [0.15, 0.2) is 0 Å². The Morgan fingerprint density at radius 2 is 2.00 bits per heavy atom. The molecule has 1 aromatic heterocycles. The molecule has 0 radical (unpaired) electrons. The van der Waals surface area contributed by atoms with E-state index >= 15 is 0 Å². The summed E-state index contributed by atoms with van der Waals surface area (Å²) in [4.78, 5) is 16.1. The van der Waals surface area contributed by atoms with Gasteiger partial charge in [0.25, 0.3) is 5.91 Å². The summed E-state index contributed by atoms with van der Waals surface area (Å²) in [7, 11) is 0. The van der Waals surface area contributed by atoms with E-state index in [0.717, 1.165) is 10.7 Å². The fourth-order valence-corrected chi connectivity index (χ4v) is 2.30. The standard InChI is InChI=1S/C13H14N2O3S/c1-8-15-10(7-19-8)2-3-14-13(18)9-4-11(16)6-12(17)5-9/h4-7,16-17H,2-3H2,1H3,(H,14,18). The number of thiazole rings is 1. The lowest BCUT2D eigenvalue weighted by Crippen LogP contribution is -2.25. The molecule has 19 heavy (non-hydrogen) atoms. The second kappa shape index (κ2) is 5.71. The molecule has 1 aromatic carbocycles. The zero-order valence-corrected chi connectivity index (χ0v) is 11.2. The van der Waals surface area contributed by atoms with Crippen LogP contribution in [0.5, 0.6) is 11.5 Å². The minimum absolute atomic E-state index is 0.139. The van der Waals surface area contributed by atoms with E-state index < -0.39 is 0 Å². The predicted octanol–water partition coefficient (Wildman–Crippen LogP) is 1.84. The summed E-state index contributed by atoms with van der Waals surface area (Å²) in [5.41, 5.74) is 1.17. The van der Waals surface area contributed by atoms with Crippen LogP contribution in [0, 0.1) is 6.92 Å². The molecule has 2 rings (SSSR count). The highest BCUT2D eigenvalue weighted by molar-refractivity contribution is 7.09. The normalized spacial score (nSPS) is 10.4. The van der Waals surface area contributed by atoms with Crippen LogP contribution in [-0.4, -0.2) is 27.6 Å². The van der Waals surface area contributed by atoms with Gasteiger partial charge in [0.1, 0.15) is 11.5 Å². The first-order valence-corrected chi connectivity index (χ1v) is 6.65. The average molecular weight is 278 g/mol. The lowest BCUT2D eigenvalue weighted by molar-refractivity contribution is 0.0953. The van der Waals surface area contributed by atoms with Gasteiger partial charge in [-0.25, -0.2) is 4.98 Å². The van der Waals surface area contributed by atoms with Gasteiger partial charge in [-0.3, -0.25) is 4.79 Å². The second-order valence-electron chi connectivity index (χ2n) is 4.10. The first kappa shape index (κ1) is 13.4. The van der Waals surface area contributed by atoms with Gasteiger partial charge in [-0.05, 0) is 19.1 Å². The van der Waals surface area contributed by atoms with Crippen LogP contribution in [0.3, 0.4) is 0 Å². The fourth-order valence-electron chi connectivity index (χ4n) is 1.66. The van der Waals surface area contributed by atoms with Gasteiger partial charge in [0, 0.05) is 30.0 Å². The van der Waals surface area contributed by atoms with E-state index in [1.54, 1.807) is 11.3 Å². The molecule has 0 spiro atoms. The molecule has 5 nitrogen and oxygen atoms in total. The first-order valence-electron chi connectivity index (χ1n) is 5.77. The van der Waals surface area contributed by atoms with Crippen LogP contribution in [0.2, 0.25) is 0 Å². The van der Waals surface area contributed by atoms with Crippen LogP contribution in [0.15, 0.2) is 23.6 Å². The van der Waals surface area contributed by atoms with Crippen molar-refractivity contribution >= 4 is 17.2 Å². The van der Waals surface area contributed by atoms with Crippen molar-refractivity contribution in [2.75, 3.05) is 6.54 Å². The first-order chi connectivity index (χ1) is 9.04. The van der Waals surface area contributed by atoms with E-state index in [-0.39, 0.29) is 23.0 Å². The van der Waals surface area contributed by atoms with Gasteiger partial charge in [0.05, 0.1) is 10.7 Å². The minimum atomic E-state index is -0.335. The smallest absolute Gasteiger partial charge is 0.251 e. The molecule has 100 valence electrons. The Balaban J connectivity index is 1.90. The Bertz CT molecular complexity index is 575. The average Bonchev–Trinajstić information content (AvgIpc) is 2.73. The lowest BCUT2D eigenvalue weighted by atomic mass is 10.2. The van der Waals surface area contributed by atoms with Crippen LogP contribution >= 0.6 is 11.3 Å². The van der Waals surface area contributed by atoms with E-state index in [1.165, 1.54) is 18.2 Å². The van der Waals surface area contributed by atoms with E-state index in [2.05, 4.69) is 10.3 Å². The number of amides is 1. The Kier molecular flexibility index (Phi) is 4.01. The van der Waals surface area contributed by atoms with E-state index in [9.17, 15) is 15.0 Å². The second-order valence-corrected chi connectivity index (χ2v) is 5.16. The number of aromatic hydroxyl groups is 2. The Labute approximate surface area is 114 Å². The SMILES string of the molecule is Cc1nc(CCNC(=O)c2cc(O)cc(O)c2)cs1. The molecule has 6 heteroatoms. The van der Waals surface area contributed by atoms with Crippen molar-refractivity contribution in [2.24, 2.45) is 0 Å². The highest BCUT2D eigenvalue weighted by atomic mass is 32.1. The fraction of sp³-hybridized carbons (Fsp3) is 0.231. The molecule has 1 heterocycles. The molecule has 0 aliphatic heterocycles. The number of hydrogen-bond donors (Lipinski definition) is 3. The largest absolute Gasteiger partial charge is 0.508 e. The number of hydrogen-bond acceptors (Lipinski definition) is 5. The number of nitrogens with one attached hydrogen (secondary N) is 1. The lowest BCUT2D eigenvalue weighted by Gasteiger charge is -2.05. The third-order valence-electron chi connectivity index (χ3n) is 2.50. The van der Waals surface area contributed by atoms with Gasteiger partial charge < -0.3 is 15.5 Å². The van der Waals surface area contributed by atoms with E-state index in [0.29, 0.717) is 13.0 Å². The molecule has 0 fully saturated rings. The zero-order valence-electron chi connectivity index (χ0n) is 10.4. The molecule has 0 saturated carbocycles. The van der Waals surface area contributed by atoms with E-state index in [4.69, 9.17) is 0 Å². The summed E-state index contributed by atoms with van der Waals surface area (Å²) in [5.74, 6) is -0.612. The van der Waals surface area contributed by atoms with Crippen molar-refractivity contribution in [1.29, 1.82) is 0 Å². The monoisotopic (exact) mass is 278 g/mol. The third-order valence-corrected chi connectivity index (χ3v) is 3.32. The van der Waals surface area contributed by atoms with Crippen molar-refractivity contribution in [2.45, 2.75) is 13.3 Å². The molecule has 0 bridgehead atoms. The van der Waals surface area contributed by atoms with Crippen molar-refractivity contribution in [1.82, 2.24) is 10.3 Å². The highest BCUT2D eigenvalue weighted by Gasteiger charge is 2.08. The maximum atomic E-state index is 11.8. The molecular weight excluding hydrogens is 264 g/mol. The number of nitrogens with zero attached hydrogens (tertiary/aromatic N) is 1. The van der Waals surface area contributed by atoms with Crippen LogP contribution in [0.4, 0.5) is 0 Å². The number of carbonyl (C=O) groups excluding carboxylic acids is 1. The summed E-state index contributed by atoms with van der Waals surface area (Å²) in [6.07, 6.45) is 0.654. The summed E-state index contributed by atoms with van der Waals surface area (Å²) in [5, 5.41) is 24.3. The molecule has 1 amide bonds. The maximum absolute atomic E-state index is 11.8. The number of phenolic OH excluding ortho intramolecular Hbond substituents is 2. The van der Waals surface area contributed by atoms with Crippen LogP contribution in [-0.2, 0) is 6.42 Å². The molecular formula is C13H14N2O3S. The minimum Gasteiger partial charge on any atom is -0.508 e. The van der Waals surface area contributed by atoms with Gasteiger partial charge in [-0.15, -0.1) is 11.3 Å². The Morgan fingerprint density at radius 3 is 2.58 bits per heavy atom. The summed E-state index contributed by atoms with van der Waals surface area (Å²) in [6, 6.07) is 3.79. The molecule has 0 saturated heterocycles. The van der Waals surface area contributed by atoms with Crippen LogP contribution in [0.25, 0.3) is 0 Å². The Morgan fingerprint density at radius 1 is 1.32 bits per heavy atom. The summed E-state index contributed by atoms with van der Waals surface area (Å²) in [6.45, 7) is 2.39. The number of benzene rings is 1. The Hall–Kier alpha value is -2.08. The molecule has 0 atom stereocenters. The predicted molar refractivity (Wildman–Crippen MR) is 72.7 cm³/mol. The van der Waals surface area contributed by atoms with Gasteiger partial charge in [-0.1, -0.05) is 0 Å². The molecule has 3 N–H and O–H groups in total. The summed E-state index contributed by atoms with van der Waals surface area (Å²) >= 11 is 1.57. The number of aryl methyl sites for hydroxylation is 1. The quantitative estimate of drug-likeness (QED) is 0.797. The van der Waals surface area contributed by atoms with Gasteiger partial charge in [0.2, 0.25) is 0 Å². The number of rotatable bonds is 4. The number of phenols is 2. The third kappa shape index (κ3) is 3.69. The van der Waals surface area contributed by atoms with Crippen molar-refractivity contribution < 1.29 is 15.0 Å². The van der Waals surface area contributed by atoms with Crippen molar-refractivity contribution in [3.63, 3.8) is 0 Å². The summed E-state index contributed by atoms with van der Waals surface area (Å²) < 4.78 is 0. The highest BCUT2D eigenvalue weighted by Crippen LogP contribution is 2.20. The molecule has 0 aliphatic rings. The van der Waals surface area contributed by atoms with Gasteiger partial charge in [-0.2, -0.15) is 0 Å². The van der Waals surface area contributed by atoms with Gasteiger partial charge >= 0.3 is 0 Å². The molecule has 0 unspecified atom stereocenters. The van der Waals surface area contributed by atoms with Crippen molar-refractivity contribution in [3.8, 4) is 11.5 Å². The molecule has 2 aromatic rings. The topological polar surface area (TPSA) is 82.5 Å². The van der Waals surface area contributed by atoms with E-state index in [1.807, 2.05) is 12.3 Å². The maximum Gasteiger partial charge on any atom is 0.251 e.